The van der Waals surface area contributed by atoms with Crippen molar-refractivity contribution in [2.45, 2.75) is 44.4 Å². The van der Waals surface area contributed by atoms with Crippen molar-refractivity contribution >= 4 is 15.9 Å². The molecule has 0 heterocycles. The molecule has 1 fully saturated rings. The van der Waals surface area contributed by atoms with E-state index in [1.54, 1.807) is 12.1 Å². The monoisotopic (exact) mass is 368 g/mol. The van der Waals surface area contributed by atoms with Crippen molar-refractivity contribution in [2.24, 2.45) is 11.8 Å². The number of aliphatic hydroxyl groups excluding tert-OH is 1. The third-order valence-electron chi connectivity index (χ3n) is 4.24. The summed E-state index contributed by atoms with van der Waals surface area (Å²) >= 11 is 3.13. The van der Waals surface area contributed by atoms with E-state index in [1.807, 2.05) is 0 Å². The van der Waals surface area contributed by atoms with Crippen LogP contribution in [0.1, 0.15) is 31.2 Å². The highest BCUT2D eigenvalue weighted by Gasteiger charge is 2.42. The van der Waals surface area contributed by atoms with Crippen LogP contribution < -0.4 is 0 Å². The van der Waals surface area contributed by atoms with Gasteiger partial charge in [0.15, 0.2) is 0 Å². The number of rotatable bonds is 3. The number of aliphatic hydroxyl groups is 1. The Morgan fingerprint density at radius 2 is 1.81 bits per heavy atom. The van der Waals surface area contributed by atoms with E-state index in [4.69, 9.17) is 0 Å². The summed E-state index contributed by atoms with van der Waals surface area (Å²) in [6.07, 6.45) is -3.78. The highest BCUT2D eigenvalue weighted by atomic mass is 79.9. The maximum absolute atomic E-state index is 13.4. The molecule has 1 unspecified atom stereocenters. The standard InChI is InChI=1S/C15H17BrF4O/c16-14-10(2-1-3-12(14)17)8-13(21)9-4-6-11(7-5-9)15(18,19)20/h1-3,9,11,13,21H,4-8H2. The third-order valence-corrected chi connectivity index (χ3v) is 5.13. The average Bonchev–Trinajstić information content (AvgIpc) is 2.43. The van der Waals surface area contributed by atoms with Gasteiger partial charge >= 0.3 is 6.18 Å². The molecule has 0 amide bonds. The molecule has 118 valence electrons. The highest BCUT2D eigenvalue weighted by Crippen LogP contribution is 2.41. The SMILES string of the molecule is OC(Cc1cccc(F)c1Br)C1CCC(C(F)(F)F)CC1. The Bertz CT molecular complexity index is 481. The van der Waals surface area contributed by atoms with Crippen molar-refractivity contribution < 1.29 is 22.7 Å². The zero-order chi connectivity index (χ0) is 15.6. The second-order valence-electron chi connectivity index (χ2n) is 5.64. The van der Waals surface area contributed by atoms with E-state index in [1.165, 1.54) is 6.07 Å². The van der Waals surface area contributed by atoms with Gasteiger partial charge < -0.3 is 5.11 Å². The van der Waals surface area contributed by atoms with Gasteiger partial charge in [-0.25, -0.2) is 4.39 Å². The Kier molecular flexibility index (Phi) is 5.30. The molecule has 0 bridgehead atoms. The minimum Gasteiger partial charge on any atom is -0.392 e. The van der Waals surface area contributed by atoms with Crippen LogP contribution in [0.4, 0.5) is 17.6 Å². The Morgan fingerprint density at radius 1 is 1.19 bits per heavy atom. The zero-order valence-corrected chi connectivity index (χ0v) is 12.9. The Balaban J connectivity index is 1.93. The molecule has 6 heteroatoms. The number of alkyl halides is 3. The van der Waals surface area contributed by atoms with Crippen molar-refractivity contribution in [1.29, 1.82) is 0 Å². The summed E-state index contributed by atoms with van der Waals surface area (Å²) < 4.78 is 51.5. The topological polar surface area (TPSA) is 20.2 Å². The van der Waals surface area contributed by atoms with Crippen LogP contribution in [0.5, 0.6) is 0 Å². The number of benzene rings is 1. The maximum atomic E-state index is 13.4. The van der Waals surface area contributed by atoms with Crippen LogP contribution in [-0.4, -0.2) is 17.4 Å². The van der Waals surface area contributed by atoms with Crippen LogP contribution in [0.2, 0.25) is 0 Å². The van der Waals surface area contributed by atoms with Crippen molar-refractivity contribution in [1.82, 2.24) is 0 Å². The molecule has 1 N–H and O–H groups in total. The molecule has 2 rings (SSSR count). The van der Waals surface area contributed by atoms with E-state index in [9.17, 15) is 22.7 Å². The minimum absolute atomic E-state index is 0.0650. The van der Waals surface area contributed by atoms with E-state index in [-0.39, 0.29) is 25.2 Å². The molecule has 1 aliphatic rings. The average molecular weight is 369 g/mol. The summed E-state index contributed by atoms with van der Waals surface area (Å²) in [6.45, 7) is 0. The van der Waals surface area contributed by atoms with Gasteiger partial charge in [0, 0.05) is 0 Å². The molecule has 1 aromatic rings. The predicted molar refractivity (Wildman–Crippen MR) is 75.3 cm³/mol. The summed E-state index contributed by atoms with van der Waals surface area (Å²) in [5.41, 5.74) is 0.639. The normalized spacial score (nSPS) is 24.9. The van der Waals surface area contributed by atoms with Crippen LogP contribution >= 0.6 is 15.9 Å². The second kappa shape index (κ2) is 6.65. The van der Waals surface area contributed by atoms with Crippen LogP contribution in [0.25, 0.3) is 0 Å². The summed E-state index contributed by atoms with van der Waals surface area (Å²) in [6, 6.07) is 4.58. The molecule has 0 aromatic heterocycles. The molecule has 0 radical (unpaired) electrons. The molecule has 1 saturated carbocycles. The fourth-order valence-corrected chi connectivity index (χ4v) is 3.36. The minimum atomic E-state index is -4.14. The van der Waals surface area contributed by atoms with Crippen LogP contribution in [0.15, 0.2) is 22.7 Å². The Morgan fingerprint density at radius 3 is 2.38 bits per heavy atom. The maximum Gasteiger partial charge on any atom is 0.391 e. The van der Waals surface area contributed by atoms with Gasteiger partial charge in [0.05, 0.1) is 16.5 Å². The van der Waals surface area contributed by atoms with Gasteiger partial charge in [0.25, 0.3) is 0 Å². The van der Waals surface area contributed by atoms with Crippen molar-refractivity contribution in [3.63, 3.8) is 0 Å². The highest BCUT2D eigenvalue weighted by molar-refractivity contribution is 9.10. The number of hydrogen-bond donors (Lipinski definition) is 1. The fourth-order valence-electron chi connectivity index (χ4n) is 2.93. The number of hydrogen-bond acceptors (Lipinski definition) is 1. The van der Waals surface area contributed by atoms with Crippen LogP contribution in [-0.2, 0) is 6.42 Å². The van der Waals surface area contributed by atoms with E-state index in [0.717, 1.165) is 0 Å². The predicted octanol–water partition coefficient (Wildman–Crippen LogP) is 4.86. The molecule has 1 aromatic carbocycles. The molecule has 0 spiro atoms. The van der Waals surface area contributed by atoms with E-state index >= 15 is 0 Å². The lowest BCUT2D eigenvalue weighted by molar-refractivity contribution is -0.185. The van der Waals surface area contributed by atoms with Gasteiger partial charge in [-0.05, 0) is 65.6 Å². The Hall–Kier alpha value is -0.620. The van der Waals surface area contributed by atoms with Gasteiger partial charge in [0.1, 0.15) is 5.82 Å². The van der Waals surface area contributed by atoms with Crippen LogP contribution in [0.3, 0.4) is 0 Å². The quantitative estimate of drug-likeness (QED) is 0.755. The summed E-state index contributed by atoms with van der Waals surface area (Å²) in [5, 5.41) is 10.2. The molecule has 1 aliphatic carbocycles. The van der Waals surface area contributed by atoms with Gasteiger partial charge in [-0.2, -0.15) is 13.2 Å². The van der Waals surface area contributed by atoms with Crippen molar-refractivity contribution in [3.8, 4) is 0 Å². The lowest BCUT2D eigenvalue weighted by Crippen LogP contribution is -2.32. The molecule has 1 nitrogen and oxygen atoms in total. The number of halogens is 5. The first-order chi connectivity index (χ1) is 9.79. The first-order valence-electron chi connectivity index (χ1n) is 6.96. The molecule has 1 atom stereocenters. The first kappa shape index (κ1) is 16.7. The lowest BCUT2D eigenvalue weighted by atomic mass is 9.78. The molecule has 0 saturated heterocycles. The summed E-state index contributed by atoms with van der Waals surface area (Å²) in [7, 11) is 0. The van der Waals surface area contributed by atoms with E-state index < -0.39 is 24.0 Å². The molecule has 21 heavy (non-hydrogen) atoms. The van der Waals surface area contributed by atoms with Crippen LogP contribution in [0, 0.1) is 17.7 Å². The second-order valence-corrected chi connectivity index (χ2v) is 6.43. The molecular formula is C15H17BrF4O. The largest absolute Gasteiger partial charge is 0.392 e. The summed E-state index contributed by atoms with van der Waals surface area (Å²) in [5.74, 6) is -1.80. The Labute approximate surface area is 129 Å². The van der Waals surface area contributed by atoms with Crippen molar-refractivity contribution in [3.05, 3.63) is 34.1 Å². The fraction of sp³-hybridized carbons (Fsp3) is 0.600. The zero-order valence-electron chi connectivity index (χ0n) is 11.3. The summed E-state index contributed by atoms with van der Waals surface area (Å²) in [4.78, 5) is 0. The smallest absolute Gasteiger partial charge is 0.391 e. The first-order valence-corrected chi connectivity index (χ1v) is 7.76. The lowest BCUT2D eigenvalue weighted by Gasteiger charge is -2.32. The van der Waals surface area contributed by atoms with Crippen molar-refractivity contribution in [2.75, 3.05) is 0 Å². The van der Waals surface area contributed by atoms with Gasteiger partial charge in [-0.3, -0.25) is 0 Å². The van der Waals surface area contributed by atoms with Gasteiger partial charge in [-0.1, -0.05) is 12.1 Å². The van der Waals surface area contributed by atoms with Gasteiger partial charge in [-0.15, -0.1) is 0 Å². The van der Waals surface area contributed by atoms with E-state index in [0.29, 0.717) is 22.9 Å². The molecular weight excluding hydrogens is 352 g/mol. The molecule has 0 aliphatic heterocycles. The van der Waals surface area contributed by atoms with Gasteiger partial charge in [0.2, 0.25) is 0 Å². The van der Waals surface area contributed by atoms with E-state index in [2.05, 4.69) is 15.9 Å². The third kappa shape index (κ3) is 4.19.